The average Bonchev–Trinajstić information content (AvgIpc) is 2.55. The van der Waals surface area contributed by atoms with Crippen LogP contribution in [0.25, 0.3) is 0 Å². The van der Waals surface area contributed by atoms with Gasteiger partial charge in [-0.25, -0.2) is 0 Å². The summed E-state index contributed by atoms with van der Waals surface area (Å²) in [5.74, 6) is -0.0383. The molecule has 1 amide bonds. The lowest BCUT2D eigenvalue weighted by molar-refractivity contribution is -0.154. The Morgan fingerprint density at radius 2 is 1.82 bits per heavy atom. The molecule has 5 nitrogen and oxygen atoms in total. The Hall–Kier alpha value is -1.10. The molecule has 1 saturated carbocycles. The zero-order valence-corrected chi connectivity index (χ0v) is 13.4. The molecule has 2 rings (SSSR count). The minimum Gasteiger partial charge on any atom is -0.481 e. The van der Waals surface area contributed by atoms with Crippen LogP contribution < -0.4 is 5.32 Å². The minimum absolute atomic E-state index is 0.0112. The average molecular weight is 311 g/mol. The van der Waals surface area contributed by atoms with Crippen molar-refractivity contribution in [2.45, 2.75) is 64.2 Å². The maximum atomic E-state index is 12.0. The van der Waals surface area contributed by atoms with Gasteiger partial charge in [0.15, 0.2) is 0 Å². The molecule has 0 spiro atoms. The van der Waals surface area contributed by atoms with Crippen LogP contribution in [-0.2, 0) is 14.3 Å². The molecule has 0 bridgehead atoms. The van der Waals surface area contributed by atoms with Gasteiger partial charge in [-0.2, -0.15) is 0 Å². The van der Waals surface area contributed by atoms with Crippen molar-refractivity contribution >= 4 is 11.9 Å². The second kappa shape index (κ2) is 8.51. The van der Waals surface area contributed by atoms with Crippen LogP contribution in [-0.4, -0.2) is 36.7 Å². The second-order valence-corrected chi connectivity index (χ2v) is 6.87. The van der Waals surface area contributed by atoms with E-state index in [9.17, 15) is 14.7 Å². The van der Waals surface area contributed by atoms with Crippen molar-refractivity contribution in [2.75, 3.05) is 19.8 Å². The van der Waals surface area contributed by atoms with E-state index in [1.54, 1.807) is 0 Å². The summed E-state index contributed by atoms with van der Waals surface area (Å²) >= 11 is 0. The molecule has 126 valence electrons. The van der Waals surface area contributed by atoms with Crippen LogP contribution in [0.15, 0.2) is 0 Å². The maximum absolute atomic E-state index is 12.0. The highest BCUT2D eigenvalue weighted by molar-refractivity contribution is 5.79. The summed E-state index contributed by atoms with van der Waals surface area (Å²) in [6.45, 7) is 1.15. The molecule has 5 heteroatoms. The first-order valence-electron chi connectivity index (χ1n) is 8.70. The lowest BCUT2D eigenvalue weighted by Gasteiger charge is -2.33. The summed E-state index contributed by atoms with van der Waals surface area (Å²) < 4.78 is 5.24. The quantitative estimate of drug-likeness (QED) is 0.758. The first-order chi connectivity index (χ1) is 10.6. The van der Waals surface area contributed by atoms with Crippen molar-refractivity contribution in [3.63, 3.8) is 0 Å². The van der Waals surface area contributed by atoms with Crippen molar-refractivity contribution in [2.24, 2.45) is 11.3 Å². The monoisotopic (exact) mass is 311 g/mol. The number of rotatable bonds is 7. The molecular weight excluding hydrogens is 282 g/mol. The number of amides is 1. The molecule has 0 unspecified atom stereocenters. The third kappa shape index (κ3) is 4.97. The Kier molecular flexibility index (Phi) is 6.68. The number of hydrogen-bond donors (Lipinski definition) is 2. The van der Waals surface area contributed by atoms with Gasteiger partial charge in [-0.3, -0.25) is 9.59 Å². The number of ether oxygens (including phenoxy) is 1. The van der Waals surface area contributed by atoms with Gasteiger partial charge in [0.2, 0.25) is 5.91 Å². The third-order valence-corrected chi connectivity index (χ3v) is 5.27. The molecule has 0 radical (unpaired) electrons. The van der Waals surface area contributed by atoms with Gasteiger partial charge in [0, 0.05) is 26.2 Å². The van der Waals surface area contributed by atoms with Crippen LogP contribution in [0.2, 0.25) is 0 Å². The molecule has 1 aliphatic heterocycles. The Morgan fingerprint density at radius 1 is 1.14 bits per heavy atom. The van der Waals surface area contributed by atoms with E-state index in [2.05, 4.69) is 5.32 Å². The number of carbonyl (C=O) groups is 2. The SMILES string of the molecule is O=C(CCCC1CCCCC1)NCC1(C(=O)O)CCOCC1. The van der Waals surface area contributed by atoms with Crippen LogP contribution in [0.1, 0.15) is 64.2 Å². The van der Waals surface area contributed by atoms with Crippen LogP contribution in [0, 0.1) is 11.3 Å². The van der Waals surface area contributed by atoms with E-state index in [-0.39, 0.29) is 12.5 Å². The molecule has 0 aromatic heterocycles. The fourth-order valence-electron chi connectivity index (χ4n) is 3.61. The summed E-state index contributed by atoms with van der Waals surface area (Å²) in [5.41, 5.74) is -0.836. The first kappa shape index (κ1) is 17.3. The third-order valence-electron chi connectivity index (χ3n) is 5.27. The van der Waals surface area contributed by atoms with Crippen LogP contribution in [0.5, 0.6) is 0 Å². The lowest BCUT2D eigenvalue weighted by Crippen LogP contribution is -2.46. The van der Waals surface area contributed by atoms with Crippen LogP contribution in [0.3, 0.4) is 0 Å². The summed E-state index contributed by atoms with van der Waals surface area (Å²) in [7, 11) is 0. The van der Waals surface area contributed by atoms with Gasteiger partial charge in [0.25, 0.3) is 0 Å². The van der Waals surface area contributed by atoms with Crippen LogP contribution >= 0.6 is 0 Å². The summed E-state index contributed by atoms with van der Waals surface area (Å²) in [5, 5.41) is 12.3. The van der Waals surface area contributed by atoms with E-state index in [1.807, 2.05) is 0 Å². The summed E-state index contributed by atoms with van der Waals surface area (Å²) in [4.78, 5) is 23.5. The molecule has 1 saturated heterocycles. The first-order valence-corrected chi connectivity index (χ1v) is 8.70. The number of aliphatic carboxylic acids is 1. The topological polar surface area (TPSA) is 75.6 Å². The highest BCUT2D eigenvalue weighted by atomic mass is 16.5. The smallest absolute Gasteiger partial charge is 0.311 e. The van der Waals surface area contributed by atoms with Gasteiger partial charge >= 0.3 is 5.97 Å². The normalized spacial score (nSPS) is 22.2. The van der Waals surface area contributed by atoms with Gasteiger partial charge in [0.1, 0.15) is 0 Å². The number of carboxylic acids is 1. The molecule has 0 aromatic carbocycles. The predicted octanol–water partition coefficient (Wildman–Crippen LogP) is 2.73. The van der Waals surface area contributed by atoms with E-state index in [0.717, 1.165) is 18.8 Å². The molecule has 2 aliphatic rings. The van der Waals surface area contributed by atoms with Gasteiger partial charge in [-0.1, -0.05) is 32.1 Å². The van der Waals surface area contributed by atoms with Crippen molar-refractivity contribution in [1.29, 1.82) is 0 Å². The van der Waals surface area contributed by atoms with E-state index in [0.29, 0.717) is 32.5 Å². The van der Waals surface area contributed by atoms with E-state index in [1.165, 1.54) is 32.1 Å². The van der Waals surface area contributed by atoms with Crippen molar-refractivity contribution in [3.8, 4) is 0 Å². The molecule has 1 heterocycles. The largest absolute Gasteiger partial charge is 0.481 e. The van der Waals surface area contributed by atoms with Crippen molar-refractivity contribution in [3.05, 3.63) is 0 Å². The summed E-state index contributed by atoms with van der Waals surface area (Å²) in [6.07, 6.45) is 10.2. The van der Waals surface area contributed by atoms with Crippen LogP contribution in [0.4, 0.5) is 0 Å². The molecule has 1 aliphatic carbocycles. The van der Waals surface area contributed by atoms with E-state index < -0.39 is 11.4 Å². The second-order valence-electron chi connectivity index (χ2n) is 6.87. The Labute approximate surface area is 132 Å². The van der Waals surface area contributed by atoms with E-state index in [4.69, 9.17) is 4.74 Å². The predicted molar refractivity (Wildman–Crippen MR) is 83.6 cm³/mol. The molecule has 2 fully saturated rings. The Balaban J connectivity index is 1.66. The van der Waals surface area contributed by atoms with Gasteiger partial charge in [0.05, 0.1) is 5.41 Å². The molecule has 22 heavy (non-hydrogen) atoms. The van der Waals surface area contributed by atoms with Gasteiger partial charge in [-0.15, -0.1) is 0 Å². The lowest BCUT2D eigenvalue weighted by atomic mass is 9.80. The fourth-order valence-corrected chi connectivity index (χ4v) is 3.61. The number of carboxylic acid groups (broad SMARTS) is 1. The standard InChI is InChI=1S/C17H29NO4/c19-15(8-4-7-14-5-2-1-3-6-14)18-13-17(16(20)21)9-11-22-12-10-17/h14H,1-13H2,(H,18,19)(H,20,21). The highest BCUT2D eigenvalue weighted by Gasteiger charge is 2.40. The summed E-state index contributed by atoms with van der Waals surface area (Å²) in [6, 6.07) is 0. The molecular formula is C17H29NO4. The zero-order chi connectivity index (χ0) is 15.8. The van der Waals surface area contributed by atoms with Gasteiger partial charge < -0.3 is 15.2 Å². The Morgan fingerprint density at radius 3 is 2.45 bits per heavy atom. The van der Waals surface area contributed by atoms with E-state index >= 15 is 0 Å². The number of hydrogen-bond acceptors (Lipinski definition) is 3. The number of carbonyl (C=O) groups excluding carboxylic acids is 1. The van der Waals surface area contributed by atoms with Gasteiger partial charge in [-0.05, 0) is 31.6 Å². The number of nitrogens with one attached hydrogen (secondary N) is 1. The highest BCUT2D eigenvalue weighted by Crippen LogP contribution is 2.30. The Bertz CT molecular complexity index is 371. The maximum Gasteiger partial charge on any atom is 0.311 e. The van der Waals surface area contributed by atoms with Crippen molar-refractivity contribution < 1.29 is 19.4 Å². The molecule has 0 aromatic rings. The molecule has 2 N–H and O–H groups in total. The van der Waals surface area contributed by atoms with Crippen molar-refractivity contribution in [1.82, 2.24) is 5.32 Å². The zero-order valence-electron chi connectivity index (χ0n) is 13.4. The molecule has 0 atom stereocenters. The fraction of sp³-hybridized carbons (Fsp3) is 0.882. The minimum atomic E-state index is -0.836.